The maximum absolute atomic E-state index is 11.9. The Kier molecular flexibility index (Phi) is 4.85. The van der Waals surface area contributed by atoms with Crippen molar-refractivity contribution in [3.05, 3.63) is 65.5 Å². The molecule has 2 aromatic rings. The first-order chi connectivity index (χ1) is 10.1. The molecule has 0 aliphatic rings. The van der Waals surface area contributed by atoms with Crippen LogP contribution in [-0.2, 0) is 4.79 Å². The second-order valence-electron chi connectivity index (χ2n) is 4.41. The van der Waals surface area contributed by atoms with Crippen LogP contribution >= 0.6 is 11.6 Å². The highest BCUT2D eigenvalue weighted by atomic mass is 35.5. The summed E-state index contributed by atoms with van der Waals surface area (Å²) in [4.78, 5) is 27.0. The van der Waals surface area contributed by atoms with Crippen LogP contribution in [0.3, 0.4) is 0 Å². The zero-order valence-corrected chi connectivity index (χ0v) is 12.1. The molecule has 1 amide bonds. The molecule has 0 radical (unpaired) electrons. The number of rotatable bonds is 4. The molecule has 1 heterocycles. The number of nitrogens with one attached hydrogen (secondary N) is 1. The average molecular weight is 301 g/mol. The van der Waals surface area contributed by atoms with E-state index in [1.54, 1.807) is 42.7 Å². The molecule has 0 spiro atoms. The fraction of sp³-hybridized carbons (Fsp3) is 0.0625. The third-order valence-electron chi connectivity index (χ3n) is 2.83. The molecule has 1 aromatic carbocycles. The van der Waals surface area contributed by atoms with Crippen molar-refractivity contribution in [3.8, 4) is 0 Å². The van der Waals surface area contributed by atoms with E-state index in [2.05, 4.69) is 10.3 Å². The van der Waals surface area contributed by atoms with E-state index in [4.69, 9.17) is 11.6 Å². The Morgan fingerprint density at radius 1 is 1.29 bits per heavy atom. The van der Waals surface area contributed by atoms with Gasteiger partial charge in [0, 0.05) is 29.7 Å². The molecule has 106 valence electrons. The topological polar surface area (TPSA) is 59.1 Å². The van der Waals surface area contributed by atoms with E-state index in [-0.39, 0.29) is 5.91 Å². The molecular weight excluding hydrogens is 288 g/mol. The number of aromatic nitrogens is 1. The summed E-state index contributed by atoms with van der Waals surface area (Å²) < 4.78 is 0. The van der Waals surface area contributed by atoms with Crippen LogP contribution in [0.4, 0.5) is 5.69 Å². The Bertz CT molecular complexity index is 697. The lowest BCUT2D eigenvalue weighted by Gasteiger charge is -2.07. The van der Waals surface area contributed by atoms with E-state index in [0.29, 0.717) is 11.3 Å². The van der Waals surface area contributed by atoms with Crippen LogP contribution in [0.5, 0.6) is 0 Å². The van der Waals surface area contributed by atoms with Crippen molar-refractivity contribution in [2.75, 3.05) is 5.32 Å². The number of amides is 1. The smallest absolute Gasteiger partial charge is 0.252 e. The van der Waals surface area contributed by atoms with Crippen molar-refractivity contribution in [1.29, 1.82) is 0 Å². The number of aryl methyl sites for hydroxylation is 1. The van der Waals surface area contributed by atoms with E-state index in [1.165, 1.54) is 6.08 Å². The first kappa shape index (κ1) is 14.9. The zero-order valence-electron chi connectivity index (χ0n) is 11.3. The summed E-state index contributed by atoms with van der Waals surface area (Å²) in [7, 11) is 0. The van der Waals surface area contributed by atoms with Crippen LogP contribution < -0.4 is 5.32 Å². The number of nitrogens with zero attached hydrogens (tertiary/aromatic N) is 1. The van der Waals surface area contributed by atoms with E-state index >= 15 is 0 Å². The molecule has 21 heavy (non-hydrogen) atoms. The number of benzene rings is 1. The minimum atomic E-state index is -0.559. The molecule has 4 nitrogen and oxygen atoms in total. The minimum Gasteiger partial charge on any atom is -0.322 e. The third kappa shape index (κ3) is 4.26. The maximum Gasteiger partial charge on any atom is 0.252 e. The predicted octanol–water partition coefficient (Wildman–Crippen LogP) is 3.42. The van der Waals surface area contributed by atoms with Crippen LogP contribution in [0.2, 0.25) is 0 Å². The monoisotopic (exact) mass is 300 g/mol. The Morgan fingerprint density at radius 2 is 2.10 bits per heavy atom. The maximum atomic E-state index is 11.9. The second kappa shape index (κ2) is 6.81. The quantitative estimate of drug-likeness (QED) is 0.695. The van der Waals surface area contributed by atoms with Gasteiger partial charge in [0.1, 0.15) is 0 Å². The molecule has 0 bridgehead atoms. The first-order valence-corrected chi connectivity index (χ1v) is 6.63. The highest BCUT2D eigenvalue weighted by Crippen LogP contribution is 2.18. The van der Waals surface area contributed by atoms with Gasteiger partial charge in [-0.05, 0) is 53.9 Å². The van der Waals surface area contributed by atoms with Gasteiger partial charge in [-0.1, -0.05) is 12.1 Å². The highest BCUT2D eigenvalue weighted by molar-refractivity contribution is 6.67. The lowest BCUT2D eigenvalue weighted by atomic mass is 10.1. The number of hydrogen-bond acceptors (Lipinski definition) is 3. The normalized spacial score (nSPS) is 10.6. The fourth-order valence-corrected chi connectivity index (χ4v) is 1.82. The van der Waals surface area contributed by atoms with Gasteiger partial charge in [-0.25, -0.2) is 0 Å². The second-order valence-corrected chi connectivity index (χ2v) is 4.76. The lowest BCUT2D eigenvalue weighted by molar-refractivity contribution is -0.111. The Labute approximate surface area is 127 Å². The number of anilines is 1. The summed E-state index contributed by atoms with van der Waals surface area (Å²) in [5.41, 5.74) is 2.57. The van der Waals surface area contributed by atoms with Gasteiger partial charge in [0.15, 0.2) is 0 Å². The summed E-state index contributed by atoms with van der Waals surface area (Å²) in [6.45, 7) is 1.84. The average Bonchev–Trinajstić information content (AvgIpc) is 2.48. The van der Waals surface area contributed by atoms with Crippen LogP contribution in [0.1, 0.15) is 21.5 Å². The van der Waals surface area contributed by atoms with Crippen LogP contribution in [-0.4, -0.2) is 16.1 Å². The Morgan fingerprint density at radius 3 is 2.76 bits per heavy atom. The fourth-order valence-electron chi connectivity index (χ4n) is 1.70. The van der Waals surface area contributed by atoms with E-state index in [9.17, 15) is 9.59 Å². The first-order valence-electron chi connectivity index (χ1n) is 6.26. The van der Waals surface area contributed by atoms with Crippen molar-refractivity contribution in [3.63, 3.8) is 0 Å². The van der Waals surface area contributed by atoms with Gasteiger partial charge in [0.25, 0.3) is 5.24 Å². The van der Waals surface area contributed by atoms with Crippen LogP contribution in [0, 0.1) is 6.92 Å². The number of halogens is 1. The predicted molar refractivity (Wildman–Crippen MR) is 83.3 cm³/mol. The van der Waals surface area contributed by atoms with Crippen LogP contribution in [0.25, 0.3) is 6.08 Å². The highest BCUT2D eigenvalue weighted by Gasteiger charge is 2.07. The molecule has 1 N–H and O–H groups in total. The van der Waals surface area contributed by atoms with Gasteiger partial charge >= 0.3 is 0 Å². The minimum absolute atomic E-state index is 0.291. The van der Waals surface area contributed by atoms with Crippen molar-refractivity contribution in [2.24, 2.45) is 0 Å². The summed E-state index contributed by atoms with van der Waals surface area (Å²) in [5, 5.41) is 2.16. The third-order valence-corrected chi connectivity index (χ3v) is 3.05. The standard InChI is InChI=1S/C16H13ClN2O2/c1-11-4-6-13(16(17)21)9-14(11)19-15(20)7-5-12-3-2-8-18-10-12/h2-10H,1H3,(H,19,20)/b7-5+. The Balaban J connectivity index is 2.11. The molecule has 0 saturated heterocycles. The summed E-state index contributed by atoms with van der Waals surface area (Å²) in [6, 6.07) is 8.54. The van der Waals surface area contributed by atoms with E-state index in [0.717, 1.165) is 11.1 Å². The number of carbonyl (C=O) groups is 2. The molecule has 0 atom stereocenters. The van der Waals surface area contributed by atoms with Gasteiger partial charge in [-0.3, -0.25) is 14.6 Å². The van der Waals surface area contributed by atoms with Gasteiger partial charge in [0.05, 0.1) is 0 Å². The summed E-state index contributed by atoms with van der Waals surface area (Å²) in [5.74, 6) is -0.291. The van der Waals surface area contributed by atoms with Gasteiger partial charge in [-0.2, -0.15) is 0 Å². The number of pyridine rings is 1. The number of carbonyl (C=O) groups excluding carboxylic acids is 2. The van der Waals surface area contributed by atoms with Crippen molar-refractivity contribution >= 4 is 34.5 Å². The van der Waals surface area contributed by atoms with E-state index < -0.39 is 5.24 Å². The number of hydrogen-bond donors (Lipinski definition) is 1. The van der Waals surface area contributed by atoms with Crippen molar-refractivity contribution in [2.45, 2.75) is 6.92 Å². The molecule has 0 aliphatic heterocycles. The zero-order chi connectivity index (χ0) is 15.2. The Hall–Kier alpha value is -2.46. The molecule has 5 heteroatoms. The molecule has 0 fully saturated rings. The lowest BCUT2D eigenvalue weighted by Crippen LogP contribution is -2.09. The molecule has 0 unspecified atom stereocenters. The molecule has 0 aliphatic carbocycles. The summed E-state index contributed by atoms with van der Waals surface area (Å²) in [6.07, 6.45) is 6.39. The van der Waals surface area contributed by atoms with Crippen LogP contribution in [0.15, 0.2) is 48.8 Å². The van der Waals surface area contributed by atoms with E-state index in [1.807, 2.05) is 13.0 Å². The molecule has 2 rings (SSSR count). The van der Waals surface area contributed by atoms with Gasteiger partial charge < -0.3 is 5.32 Å². The van der Waals surface area contributed by atoms with Crippen molar-refractivity contribution in [1.82, 2.24) is 4.98 Å². The molecule has 0 saturated carbocycles. The van der Waals surface area contributed by atoms with Crippen molar-refractivity contribution < 1.29 is 9.59 Å². The largest absolute Gasteiger partial charge is 0.322 e. The van der Waals surface area contributed by atoms with Gasteiger partial charge in [-0.15, -0.1) is 0 Å². The SMILES string of the molecule is Cc1ccc(C(=O)Cl)cc1NC(=O)/C=C/c1cccnc1. The van der Waals surface area contributed by atoms with Gasteiger partial charge in [0.2, 0.25) is 5.91 Å². The molecule has 1 aromatic heterocycles. The summed E-state index contributed by atoms with van der Waals surface area (Å²) >= 11 is 5.43. The molecular formula is C16H13ClN2O2.